The second-order valence-corrected chi connectivity index (χ2v) is 13.2. The number of aliphatic hydroxyl groups is 1. The van der Waals surface area contributed by atoms with Crippen LogP contribution in [0.5, 0.6) is 0 Å². The first-order chi connectivity index (χ1) is 15.6. The van der Waals surface area contributed by atoms with Crippen LogP contribution in [-0.4, -0.2) is 27.6 Å². The van der Waals surface area contributed by atoms with Crippen LogP contribution in [0.2, 0.25) is 0 Å². The molecule has 0 saturated heterocycles. The lowest BCUT2D eigenvalue weighted by atomic mass is 9.39. The van der Waals surface area contributed by atoms with Gasteiger partial charge in [-0.1, -0.05) is 71.4 Å². The van der Waals surface area contributed by atoms with E-state index in [1.165, 1.54) is 5.57 Å². The number of carboxylic acid groups (broad SMARTS) is 1. The van der Waals surface area contributed by atoms with Crippen LogP contribution in [0.1, 0.15) is 93.4 Å². The van der Waals surface area contributed by atoms with Crippen LogP contribution >= 0.6 is 0 Å². The van der Waals surface area contributed by atoms with E-state index in [2.05, 4.69) is 53.7 Å². The first kappa shape index (κ1) is 25.4. The Morgan fingerprint density at radius 2 is 1.74 bits per heavy atom. The number of carbonyl (C=O) groups is 2. The zero-order chi connectivity index (χ0) is 25.3. The molecule has 0 aromatic rings. The molecule has 0 spiro atoms. The lowest BCUT2D eigenvalue weighted by Gasteiger charge is -2.66. The number of ketones is 1. The van der Waals surface area contributed by atoms with Crippen LogP contribution in [0.3, 0.4) is 0 Å². The van der Waals surface area contributed by atoms with E-state index >= 15 is 0 Å². The Hall–Kier alpha value is -1.68. The van der Waals surface area contributed by atoms with Crippen LogP contribution in [-0.2, 0) is 9.59 Å². The first-order valence-electron chi connectivity index (χ1n) is 13.2. The molecule has 7 atom stereocenters. The molecule has 3 saturated carbocycles. The summed E-state index contributed by atoms with van der Waals surface area (Å²) in [4.78, 5) is 23.9. The van der Waals surface area contributed by atoms with Gasteiger partial charge in [-0.15, -0.1) is 0 Å². The molecule has 2 N–H and O–H groups in total. The Labute approximate surface area is 205 Å². The van der Waals surface area contributed by atoms with Crippen molar-refractivity contribution >= 4 is 11.8 Å². The Kier molecular flexibility index (Phi) is 5.91. The van der Waals surface area contributed by atoms with E-state index in [0.717, 1.165) is 32.1 Å². The predicted molar refractivity (Wildman–Crippen MR) is 135 cm³/mol. The van der Waals surface area contributed by atoms with E-state index in [9.17, 15) is 14.7 Å². The summed E-state index contributed by atoms with van der Waals surface area (Å²) in [6.45, 7) is 15.1. The smallest absolute Gasteiger partial charge is 0.331 e. The molecule has 4 rings (SSSR count). The fourth-order valence-corrected chi connectivity index (χ4v) is 8.90. The van der Waals surface area contributed by atoms with Crippen molar-refractivity contribution in [1.29, 1.82) is 0 Å². The van der Waals surface area contributed by atoms with Crippen LogP contribution in [0.25, 0.3) is 0 Å². The molecule has 0 aromatic carbocycles. The van der Waals surface area contributed by atoms with Gasteiger partial charge >= 0.3 is 5.97 Å². The zero-order valence-electron chi connectivity index (χ0n) is 22.2. The average Bonchev–Trinajstić information content (AvgIpc) is 3.03. The van der Waals surface area contributed by atoms with Crippen LogP contribution in [0.15, 0.2) is 35.5 Å². The van der Waals surface area contributed by atoms with E-state index < -0.39 is 11.6 Å². The van der Waals surface area contributed by atoms with Gasteiger partial charge in [-0.25, -0.2) is 4.79 Å². The number of hydrogen-bond acceptors (Lipinski definition) is 3. The van der Waals surface area contributed by atoms with Gasteiger partial charge in [0, 0.05) is 22.8 Å². The Bertz CT molecular complexity index is 986. The standard InChI is InChI=1S/C30H44O4/c1-19(25(32)33)9-8-10-20(2)27(5)17-18-28(6)22(27)13-16-30(34)23(28)12-11-21-26(3,4)24(31)14-15-29(21,30)7/h8-10,13,20-21,23,34H,11-12,14-18H2,1-7H3,(H,32,33)/b10-8-,19-9+/t20-,21+,23+,27+,28-,29+,30-/m1/s1. The quantitative estimate of drug-likeness (QED) is 0.281. The maximum atomic E-state index is 12.8. The molecule has 0 amide bonds. The average molecular weight is 469 g/mol. The van der Waals surface area contributed by atoms with Crippen LogP contribution < -0.4 is 0 Å². The van der Waals surface area contributed by atoms with Gasteiger partial charge in [0.25, 0.3) is 0 Å². The van der Waals surface area contributed by atoms with Crippen molar-refractivity contribution in [3.05, 3.63) is 35.5 Å². The minimum Gasteiger partial charge on any atom is -0.478 e. The maximum Gasteiger partial charge on any atom is 0.331 e. The molecule has 0 aromatic heterocycles. The highest BCUT2D eigenvalue weighted by atomic mass is 16.4. The summed E-state index contributed by atoms with van der Waals surface area (Å²) in [5.74, 6) is 0.166. The fraction of sp³-hybridized carbons (Fsp3) is 0.733. The summed E-state index contributed by atoms with van der Waals surface area (Å²) in [5, 5.41) is 21.6. The number of allylic oxidation sites excluding steroid dienone is 4. The number of rotatable bonds is 4. The monoisotopic (exact) mass is 468 g/mol. The predicted octanol–water partition coefficient (Wildman–Crippen LogP) is 6.50. The minimum absolute atomic E-state index is 0.00287. The van der Waals surface area contributed by atoms with E-state index in [4.69, 9.17) is 5.11 Å². The van der Waals surface area contributed by atoms with Crippen LogP contribution in [0.4, 0.5) is 0 Å². The maximum absolute atomic E-state index is 12.8. The Morgan fingerprint density at radius 1 is 1.09 bits per heavy atom. The molecule has 34 heavy (non-hydrogen) atoms. The Balaban J connectivity index is 1.69. The molecule has 0 heterocycles. The highest BCUT2D eigenvalue weighted by Gasteiger charge is 2.69. The summed E-state index contributed by atoms with van der Waals surface area (Å²) >= 11 is 0. The SMILES string of the molecule is C/C(=C\C=C/[C@@H](C)[C@]1(C)CC[C@]2(C)C1=CC[C@@]1(O)[C@H]2CC[C@H]2C(C)(C)C(=O)CC[C@@]21C)C(=O)O. The fourth-order valence-electron chi connectivity index (χ4n) is 8.90. The van der Waals surface area contributed by atoms with Gasteiger partial charge in [0.1, 0.15) is 5.78 Å². The highest BCUT2D eigenvalue weighted by molar-refractivity contribution is 5.86. The van der Waals surface area contributed by atoms with Gasteiger partial charge < -0.3 is 10.2 Å². The summed E-state index contributed by atoms with van der Waals surface area (Å²) in [5.41, 5.74) is 0.376. The van der Waals surface area contributed by atoms with Gasteiger partial charge in [0.15, 0.2) is 0 Å². The first-order valence-corrected chi connectivity index (χ1v) is 13.2. The number of fused-ring (bicyclic) bond motifs is 5. The lowest BCUT2D eigenvalue weighted by molar-refractivity contribution is -0.228. The highest BCUT2D eigenvalue weighted by Crippen LogP contribution is 2.72. The van der Waals surface area contributed by atoms with Crippen molar-refractivity contribution in [3.8, 4) is 0 Å². The molecule has 4 aliphatic carbocycles. The van der Waals surface area contributed by atoms with Gasteiger partial charge in [-0.3, -0.25) is 4.79 Å². The molecule has 4 nitrogen and oxygen atoms in total. The molecular weight excluding hydrogens is 424 g/mol. The van der Waals surface area contributed by atoms with Gasteiger partial charge in [-0.05, 0) is 74.0 Å². The van der Waals surface area contributed by atoms with Crippen molar-refractivity contribution in [2.45, 2.75) is 99.0 Å². The molecule has 0 unspecified atom stereocenters. The molecule has 188 valence electrons. The second kappa shape index (κ2) is 7.91. The third kappa shape index (κ3) is 3.27. The molecule has 0 aliphatic heterocycles. The third-order valence-electron chi connectivity index (χ3n) is 11.4. The van der Waals surface area contributed by atoms with Gasteiger partial charge in [0.2, 0.25) is 0 Å². The number of hydrogen-bond donors (Lipinski definition) is 2. The van der Waals surface area contributed by atoms with E-state index in [1.54, 1.807) is 13.0 Å². The van der Waals surface area contributed by atoms with E-state index in [0.29, 0.717) is 24.2 Å². The molecular formula is C30H44O4. The molecule has 4 heteroatoms. The van der Waals surface area contributed by atoms with E-state index in [-0.39, 0.29) is 39.4 Å². The summed E-state index contributed by atoms with van der Waals surface area (Å²) in [7, 11) is 0. The van der Waals surface area contributed by atoms with Crippen molar-refractivity contribution in [1.82, 2.24) is 0 Å². The van der Waals surface area contributed by atoms with Crippen molar-refractivity contribution in [3.63, 3.8) is 0 Å². The van der Waals surface area contributed by atoms with Crippen LogP contribution in [0, 0.1) is 39.4 Å². The topological polar surface area (TPSA) is 74.6 Å². The lowest BCUT2D eigenvalue weighted by Crippen LogP contribution is -2.67. The summed E-state index contributed by atoms with van der Waals surface area (Å²) in [6.07, 6.45) is 14.2. The summed E-state index contributed by atoms with van der Waals surface area (Å²) in [6, 6.07) is 0. The number of carbonyl (C=O) groups excluding carboxylic acids is 1. The molecule has 0 radical (unpaired) electrons. The van der Waals surface area contributed by atoms with E-state index in [1.807, 2.05) is 6.08 Å². The molecule has 0 bridgehead atoms. The molecule has 3 fully saturated rings. The van der Waals surface area contributed by atoms with Crippen molar-refractivity contribution in [2.24, 2.45) is 39.4 Å². The Morgan fingerprint density at radius 3 is 2.38 bits per heavy atom. The normalized spacial score (nSPS) is 44.8. The third-order valence-corrected chi connectivity index (χ3v) is 11.4. The second-order valence-electron chi connectivity index (χ2n) is 13.2. The zero-order valence-corrected chi connectivity index (χ0v) is 22.2. The number of Topliss-reactive ketones (excluding diaryl/α,β-unsaturated/α-hetero) is 1. The number of aliphatic carboxylic acids is 1. The van der Waals surface area contributed by atoms with Gasteiger partial charge in [-0.2, -0.15) is 0 Å². The minimum atomic E-state index is -0.886. The largest absolute Gasteiger partial charge is 0.478 e. The van der Waals surface area contributed by atoms with Gasteiger partial charge in [0.05, 0.1) is 5.60 Å². The molecule has 4 aliphatic rings. The van der Waals surface area contributed by atoms with Crippen molar-refractivity contribution in [2.75, 3.05) is 0 Å². The summed E-state index contributed by atoms with van der Waals surface area (Å²) < 4.78 is 0. The van der Waals surface area contributed by atoms with Crippen molar-refractivity contribution < 1.29 is 19.8 Å². The number of carboxylic acids is 1.